The molecule has 0 aliphatic rings. The number of anilines is 1. The maximum Gasteiger partial charge on any atom is 0.248 e. The summed E-state index contributed by atoms with van der Waals surface area (Å²) < 4.78 is 19.8. The molecule has 0 aliphatic carbocycles. The molecule has 0 saturated heterocycles. The van der Waals surface area contributed by atoms with Crippen LogP contribution in [0.25, 0.3) is 6.08 Å². The highest BCUT2D eigenvalue weighted by Gasteiger charge is 2.09. The maximum absolute atomic E-state index is 14.3. The first-order valence-electron chi connectivity index (χ1n) is 9.58. The summed E-state index contributed by atoms with van der Waals surface area (Å²) in [5.41, 5.74) is 1.93. The van der Waals surface area contributed by atoms with Crippen LogP contribution in [0, 0.1) is 5.82 Å². The molecule has 0 unspecified atom stereocenters. The number of aromatic nitrogens is 1. The van der Waals surface area contributed by atoms with Crippen molar-refractivity contribution in [2.45, 2.75) is 13.5 Å². The number of carbonyl (C=O) groups excluding carboxylic acids is 2. The van der Waals surface area contributed by atoms with E-state index in [2.05, 4.69) is 10.3 Å². The summed E-state index contributed by atoms with van der Waals surface area (Å²) in [4.78, 5) is 29.3. The Morgan fingerprint density at radius 1 is 1.16 bits per heavy atom. The summed E-state index contributed by atoms with van der Waals surface area (Å²) in [6.07, 6.45) is 5.92. The minimum atomic E-state index is -0.552. The fourth-order valence-corrected chi connectivity index (χ4v) is 2.73. The van der Waals surface area contributed by atoms with Gasteiger partial charge in [0.15, 0.2) is 11.6 Å². The fraction of sp³-hybridized carbons (Fsp3) is 0.125. The highest BCUT2D eigenvalue weighted by molar-refractivity contribution is 6.02. The second-order valence-electron chi connectivity index (χ2n) is 6.84. The monoisotopic (exact) mass is 419 g/mol. The Kier molecular flexibility index (Phi) is 7.11. The zero-order chi connectivity index (χ0) is 22.2. The zero-order valence-corrected chi connectivity index (χ0v) is 17.2. The smallest absolute Gasteiger partial charge is 0.248 e. The molecule has 1 N–H and O–H groups in total. The van der Waals surface area contributed by atoms with Crippen molar-refractivity contribution in [1.29, 1.82) is 0 Å². The Morgan fingerprint density at radius 2 is 1.97 bits per heavy atom. The summed E-state index contributed by atoms with van der Waals surface area (Å²) in [6, 6.07) is 15.0. The standard InChI is InChI=1S/C24H22FN3O3/c1-17(29)28(2)16-19-6-3-4-8-22(19)27-24(30)12-10-18-9-11-23(21(25)14-18)31-20-7-5-13-26-15-20/h3-15H,16H2,1-2H3,(H,27,30)/b12-10+. The lowest BCUT2D eigenvalue weighted by atomic mass is 10.1. The molecular formula is C24H22FN3O3. The van der Waals surface area contributed by atoms with E-state index >= 15 is 0 Å². The Bertz CT molecular complexity index is 1100. The number of ether oxygens (including phenoxy) is 1. The number of hydrogen-bond acceptors (Lipinski definition) is 4. The van der Waals surface area contributed by atoms with Crippen LogP contribution in [0.1, 0.15) is 18.1 Å². The van der Waals surface area contributed by atoms with Gasteiger partial charge in [-0.25, -0.2) is 4.39 Å². The average molecular weight is 419 g/mol. The van der Waals surface area contributed by atoms with Gasteiger partial charge in [0.25, 0.3) is 0 Å². The molecule has 2 amide bonds. The molecule has 0 atom stereocenters. The van der Waals surface area contributed by atoms with Crippen LogP contribution in [-0.2, 0) is 16.1 Å². The number of nitrogens with one attached hydrogen (secondary N) is 1. The third kappa shape index (κ3) is 6.24. The third-order valence-corrected chi connectivity index (χ3v) is 4.47. The number of halogens is 1. The van der Waals surface area contributed by atoms with Gasteiger partial charge in [0, 0.05) is 38.5 Å². The largest absolute Gasteiger partial charge is 0.453 e. The van der Waals surface area contributed by atoms with Crippen molar-refractivity contribution in [3.8, 4) is 11.5 Å². The molecule has 3 rings (SSSR count). The van der Waals surface area contributed by atoms with Crippen molar-refractivity contribution < 1.29 is 18.7 Å². The number of para-hydroxylation sites is 1. The Hall–Kier alpha value is -4.00. The SMILES string of the molecule is CC(=O)N(C)Cc1ccccc1NC(=O)/C=C/c1ccc(Oc2cccnc2)c(F)c1. The molecule has 2 aromatic carbocycles. The van der Waals surface area contributed by atoms with E-state index in [1.54, 1.807) is 48.5 Å². The summed E-state index contributed by atoms with van der Waals surface area (Å²) in [5, 5.41) is 2.79. The maximum atomic E-state index is 14.3. The van der Waals surface area contributed by atoms with Gasteiger partial charge >= 0.3 is 0 Å². The average Bonchev–Trinajstić information content (AvgIpc) is 2.76. The van der Waals surface area contributed by atoms with Gasteiger partial charge in [0.2, 0.25) is 11.8 Å². The number of rotatable bonds is 7. The quantitative estimate of drug-likeness (QED) is 0.566. The van der Waals surface area contributed by atoms with E-state index < -0.39 is 5.82 Å². The van der Waals surface area contributed by atoms with Crippen LogP contribution in [0.15, 0.2) is 73.1 Å². The minimum Gasteiger partial charge on any atom is -0.453 e. The summed E-state index contributed by atoms with van der Waals surface area (Å²) in [7, 11) is 1.69. The van der Waals surface area contributed by atoms with E-state index in [0.29, 0.717) is 23.5 Å². The normalized spacial score (nSPS) is 10.7. The van der Waals surface area contributed by atoms with Crippen LogP contribution in [0.5, 0.6) is 11.5 Å². The molecule has 31 heavy (non-hydrogen) atoms. The van der Waals surface area contributed by atoms with Gasteiger partial charge in [-0.05, 0) is 47.5 Å². The predicted octanol–water partition coefficient (Wildman–Crippen LogP) is 4.64. The molecule has 6 nitrogen and oxygen atoms in total. The van der Waals surface area contributed by atoms with Gasteiger partial charge in [-0.2, -0.15) is 0 Å². The van der Waals surface area contributed by atoms with E-state index in [-0.39, 0.29) is 17.6 Å². The van der Waals surface area contributed by atoms with Crippen molar-refractivity contribution in [2.75, 3.05) is 12.4 Å². The van der Waals surface area contributed by atoms with E-state index in [4.69, 9.17) is 4.74 Å². The Morgan fingerprint density at radius 3 is 2.68 bits per heavy atom. The topological polar surface area (TPSA) is 71.5 Å². The van der Waals surface area contributed by atoms with Crippen LogP contribution >= 0.6 is 0 Å². The van der Waals surface area contributed by atoms with Crippen LogP contribution in [-0.4, -0.2) is 28.7 Å². The Labute approximate surface area is 180 Å². The van der Waals surface area contributed by atoms with Crippen molar-refractivity contribution >= 4 is 23.6 Å². The summed E-state index contributed by atoms with van der Waals surface area (Å²) >= 11 is 0. The van der Waals surface area contributed by atoms with Crippen LogP contribution in [0.4, 0.5) is 10.1 Å². The molecule has 0 fully saturated rings. The molecule has 7 heteroatoms. The van der Waals surface area contributed by atoms with Crippen molar-refractivity contribution in [3.05, 3.63) is 90.0 Å². The molecule has 1 heterocycles. The van der Waals surface area contributed by atoms with Gasteiger partial charge in [-0.3, -0.25) is 14.6 Å². The van der Waals surface area contributed by atoms with Crippen LogP contribution in [0.2, 0.25) is 0 Å². The van der Waals surface area contributed by atoms with Crippen molar-refractivity contribution in [3.63, 3.8) is 0 Å². The first-order chi connectivity index (χ1) is 14.9. The first-order valence-corrected chi connectivity index (χ1v) is 9.58. The number of nitrogens with zero attached hydrogens (tertiary/aromatic N) is 2. The lowest BCUT2D eigenvalue weighted by Crippen LogP contribution is -2.24. The molecule has 0 saturated carbocycles. The van der Waals surface area contributed by atoms with Crippen molar-refractivity contribution in [1.82, 2.24) is 9.88 Å². The van der Waals surface area contributed by atoms with Crippen LogP contribution < -0.4 is 10.1 Å². The fourth-order valence-electron chi connectivity index (χ4n) is 2.73. The predicted molar refractivity (Wildman–Crippen MR) is 117 cm³/mol. The number of hydrogen-bond donors (Lipinski definition) is 1. The molecular weight excluding hydrogens is 397 g/mol. The van der Waals surface area contributed by atoms with Crippen molar-refractivity contribution in [2.24, 2.45) is 0 Å². The highest BCUT2D eigenvalue weighted by atomic mass is 19.1. The number of benzene rings is 2. The van der Waals surface area contributed by atoms with E-state index in [1.807, 2.05) is 12.1 Å². The summed E-state index contributed by atoms with van der Waals surface area (Å²) in [6.45, 7) is 1.86. The minimum absolute atomic E-state index is 0.0677. The lowest BCUT2D eigenvalue weighted by Gasteiger charge is -2.17. The van der Waals surface area contributed by atoms with E-state index in [1.165, 1.54) is 37.4 Å². The molecule has 158 valence electrons. The second-order valence-corrected chi connectivity index (χ2v) is 6.84. The molecule has 0 radical (unpaired) electrons. The molecule has 3 aromatic rings. The lowest BCUT2D eigenvalue weighted by molar-refractivity contribution is -0.128. The molecule has 0 aliphatic heterocycles. The van der Waals surface area contributed by atoms with Gasteiger partial charge in [0.1, 0.15) is 5.75 Å². The van der Waals surface area contributed by atoms with E-state index in [0.717, 1.165) is 5.56 Å². The molecule has 0 bridgehead atoms. The molecule has 1 aromatic heterocycles. The Balaban J connectivity index is 1.65. The number of amides is 2. The van der Waals surface area contributed by atoms with E-state index in [9.17, 15) is 14.0 Å². The van der Waals surface area contributed by atoms with Gasteiger partial charge < -0.3 is 15.0 Å². The summed E-state index contributed by atoms with van der Waals surface area (Å²) in [5.74, 6) is -0.492. The van der Waals surface area contributed by atoms with Gasteiger partial charge in [-0.1, -0.05) is 24.3 Å². The van der Waals surface area contributed by atoms with Crippen LogP contribution in [0.3, 0.4) is 0 Å². The third-order valence-electron chi connectivity index (χ3n) is 4.47. The highest BCUT2D eigenvalue weighted by Crippen LogP contribution is 2.25. The number of carbonyl (C=O) groups is 2. The second kappa shape index (κ2) is 10.2. The van der Waals surface area contributed by atoms with Gasteiger partial charge in [0.05, 0.1) is 6.20 Å². The zero-order valence-electron chi connectivity index (χ0n) is 17.2. The molecule has 0 spiro atoms. The van der Waals surface area contributed by atoms with Gasteiger partial charge in [-0.15, -0.1) is 0 Å². The first kappa shape index (κ1) is 21.7. The number of pyridine rings is 1.